The van der Waals surface area contributed by atoms with Gasteiger partial charge < -0.3 is 24.5 Å². The van der Waals surface area contributed by atoms with Crippen molar-refractivity contribution < 1.29 is 19.1 Å². The Morgan fingerprint density at radius 1 is 1.16 bits per heavy atom. The maximum atomic E-state index is 13.3. The van der Waals surface area contributed by atoms with Crippen LogP contribution in [0.2, 0.25) is 0 Å². The van der Waals surface area contributed by atoms with Crippen LogP contribution in [0.15, 0.2) is 69.9 Å². The summed E-state index contributed by atoms with van der Waals surface area (Å²) in [6.07, 6.45) is 0.731. The number of ketones is 1. The van der Waals surface area contributed by atoms with Crippen molar-refractivity contribution in [2.24, 2.45) is 0 Å². The quantitative estimate of drug-likeness (QED) is 0.370. The van der Waals surface area contributed by atoms with Gasteiger partial charge in [0.1, 0.15) is 17.6 Å². The summed E-state index contributed by atoms with van der Waals surface area (Å²) in [7, 11) is 3.55. The van der Waals surface area contributed by atoms with Gasteiger partial charge in [0.15, 0.2) is 11.5 Å². The Morgan fingerprint density at radius 2 is 1.84 bits per heavy atom. The topological polar surface area (TPSA) is 92.0 Å². The average molecular weight is 437 g/mol. The number of carbonyl (C=O) groups excluding carboxylic acids is 1. The first-order valence-corrected chi connectivity index (χ1v) is 10.4. The molecule has 32 heavy (non-hydrogen) atoms. The zero-order chi connectivity index (χ0) is 23.1. The Labute approximate surface area is 187 Å². The molecule has 0 saturated carbocycles. The molecule has 3 aromatic rings. The van der Waals surface area contributed by atoms with Gasteiger partial charge in [0, 0.05) is 30.9 Å². The molecule has 1 atom stereocenters. The fourth-order valence-corrected chi connectivity index (χ4v) is 3.42. The van der Waals surface area contributed by atoms with Gasteiger partial charge in [0.05, 0.1) is 7.11 Å². The Morgan fingerprint density at radius 3 is 2.50 bits per heavy atom. The van der Waals surface area contributed by atoms with Crippen molar-refractivity contribution in [3.05, 3.63) is 88.0 Å². The summed E-state index contributed by atoms with van der Waals surface area (Å²) < 4.78 is 10.8. The molecular formula is C25H28N2O5. The number of carbonyl (C=O) groups is 1. The van der Waals surface area contributed by atoms with Crippen molar-refractivity contribution in [3.63, 3.8) is 0 Å². The zero-order valence-electron chi connectivity index (χ0n) is 18.5. The summed E-state index contributed by atoms with van der Waals surface area (Å²) in [6.45, 7) is 2.83. The molecule has 0 aliphatic heterocycles. The Bertz CT molecular complexity index is 1090. The fourth-order valence-electron chi connectivity index (χ4n) is 3.42. The molecule has 0 aliphatic rings. The molecule has 0 radical (unpaired) electrons. The van der Waals surface area contributed by atoms with Crippen molar-refractivity contribution >= 4 is 11.5 Å². The molecule has 2 N–H and O–H groups in total. The van der Waals surface area contributed by atoms with E-state index in [0.29, 0.717) is 23.6 Å². The van der Waals surface area contributed by atoms with Crippen LogP contribution in [-0.2, 0) is 0 Å². The van der Waals surface area contributed by atoms with E-state index in [9.17, 15) is 14.7 Å². The third-order valence-electron chi connectivity index (χ3n) is 5.19. The predicted molar refractivity (Wildman–Crippen MR) is 124 cm³/mol. The Hall–Kier alpha value is -3.58. The number of hydrogen-bond donors (Lipinski definition) is 2. The number of Topliss-reactive ketones (excluding diaryl/α,β-unsaturated/α-hetero) is 1. The van der Waals surface area contributed by atoms with Gasteiger partial charge >= 0.3 is 0 Å². The summed E-state index contributed by atoms with van der Waals surface area (Å²) >= 11 is 0. The number of ether oxygens (including phenoxy) is 1. The van der Waals surface area contributed by atoms with Gasteiger partial charge in [-0.2, -0.15) is 0 Å². The molecular weight excluding hydrogens is 408 g/mol. The lowest BCUT2D eigenvalue weighted by atomic mass is 10.0. The number of aromatic hydroxyl groups is 1. The van der Waals surface area contributed by atoms with Crippen LogP contribution in [0.4, 0.5) is 5.69 Å². The highest BCUT2D eigenvalue weighted by Gasteiger charge is 2.28. The molecule has 1 heterocycles. The maximum absolute atomic E-state index is 13.3. The molecule has 3 rings (SSSR count). The Balaban J connectivity index is 1.77. The minimum absolute atomic E-state index is 0.0766. The molecule has 7 heteroatoms. The lowest BCUT2D eigenvalue weighted by Gasteiger charge is -2.21. The van der Waals surface area contributed by atoms with Gasteiger partial charge in [-0.3, -0.25) is 9.59 Å². The van der Waals surface area contributed by atoms with E-state index >= 15 is 0 Å². The van der Waals surface area contributed by atoms with Gasteiger partial charge in [-0.15, -0.1) is 0 Å². The summed E-state index contributed by atoms with van der Waals surface area (Å²) in [6, 6.07) is 16.8. The summed E-state index contributed by atoms with van der Waals surface area (Å²) in [5.74, 6) is -0.00222. The normalized spacial score (nSPS) is 11.7. The van der Waals surface area contributed by atoms with Crippen LogP contribution >= 0.6 is 0 Å². The number of benzene rings is 2. The van der Waals surface area contributed by atoms with Crippen molar-refractivity contribution in [1.29, 1.82) is 0 Å². The van der Waals surface area contributed by atoms with Crippen LogP contribution in [0.1, 0.15) is 34.3 Å². The molecule has 2 aromatic carbocycles. The third-order valence-corrected chi connectivity index (χ3v) is 5.19. The molecule has 0 spiro atoms. The number of hydrogen-bond acceptors (Lipinski definition) is 7. The largest absolute Gasteiger partial charge is 0.502 e. The highest BCUT2D eigenvalue weighted by Crippen LogP contribution is 2.26. The van der Waals surface area contributed by atoms with Crippen molar-refractivity contribution in [2.75, 3.05) is 32.1 Å². The third kappa shape index (κ3) is 5.56. The van der Waals surface area contributed by atoms with E-state index in [0.717, 1.165) is 18.7 Å². The number of nitrogens with zero attached hydrogens (tertiary/aromatic N) is 1. The Kier molecular flexibility index (Phi) is 7.68. The van der Waals surface area contributed by atoms with E-state index in [-0.39, 0.29) is 11.5 Å². The molecule has 0 amide bonds. The first-order valence-electron chi connectivity index (χ1n) is 10.4. The van der Waals surface area contributed by atoms with Crippen LogP contribution in [0, 0.1) is 6.92 Å². The number of aryl methyl sites for hydroxylation is 1. The first kappa shape index (κ1) is 23.1. The number of rotatable bonds is 10. The van der Waals surface area contributed by atoms with Crippen LogP contribution in [0.5, 0.6) is 11.5 Å². The maximum Gasteiger partial charge on any atom is 0.227 e. The molecule has 7 nitrogen and oxygen atoms in total. The number of methoxy groups -OCH3 is 1. The minimum Gasteiger partial charge on any atom is -0.502 e. The highest BCUT2D eigenvalue weighted by atomic mass is 16.5. The molecule has 0 aliphatic carbocycles. The van der Waals surface area contributed by atoms with Gasteiger partial charge in [-0.1, -0.05) is 18.2 Å². The summed E-state index contributed by atoms with van der Waals surface area (Å²) in [4.78, 5) is 27.5. The summed E-state index contributed by atoms with van der Waals surface area (Å²) in [5.41, 5.74) is 0.927. The second-order valence-electron chi connectivity index (χ2n) is 7.52. The average Bonchev–Trinajstić information content (AvgIpc) is 2.81. The first-order chi connectivity index (χ1) is 15.4. The monoisotopic (exact) mass is 436 g/mol. The zero-order valence-corrected chi connectivity index (χ0v) is 18.5. The van der Waals surface area contributed by atoms with E-state index in [1.54, 1.807) is 38.3 Å². The molecule has 1 unspecified atom stereocenters. The molecule has 0 fully saturated rings. The van der Waals surface area contributed by atoms with Crippen LogP contribution in [0.25, 0.3) is 0 Å². The second kappa shape index (κ2) is 10.6. The molecule has 168 valence electrons. The predicted octanol–water partition coefficient (Wildman–Crippen LogP) is 3.70. The highest BCUT2D eigenvalue weighted by molar-refractivity contribution is 6.00. The van der Waals surface area contributed by atoms with E-state index in [2.05, 4.69) is 10.2 Å². The van der Waals surface area contributed by atoms with E-state index in [1.807, 2.05) is 37.4 Å². The number of para-hydroxylation sites is 1. The molecule has 1 aromatic heterocycles. The smallest absolute Gasteiger partial charge is 0.227 e. The lowest BCUT2D eigenvalue weighted by Crippen LogP contribution is -2.32. The molecule has 0 saturated heterocycles. The van der Waals surface area contributed by atoms with Crippen molar-refractivity contribution in [2.45, 2.75) is 19.4 Å². The van der Waals surface area contributed by atoms with Gasteiger partial charge in [0.25, 0.3) is 0 Å². The van der Waals surface area contributed by atoms with Crippen molar-refractivity contribution in [3.8, 4) is 11.5 Å². The minimum atomic E-state index is -1.00. The molecule has 0 bridgehead atoms. The van der Waals surface area contributed by atoms with Crippen LogP contribution in [-0.4, -0.2) is 38.1 Å². The van der Waals surface area contributed by atoms with E-state index in [4.69, 9.17) is 9.15 Å². The van der Waals surface area contributed by atoms with E-state index in [1.165, 1.54) is 6.07 Å². The summed E-state index contributed by atoms with van der Waals surface area (Å²) in [5, 5.41) is 13.5. The second-order valence-corrected chi connectivity index (χ2v) is 7.52. The van der Waals surface area contributed by atoms with Gasteiger partial charge in [0.2, 0.25) is 11.2 Å². The fraction of sp³-hybridized carbons (Fsp3) is 0.280. The lowest BCUT2D eigenvalue weighted by molar-refractivity contribution is 0.0926. The number of anilines is 1. The SMILES string of the molecule is COc1ccc(C(=O)C(NCCCN(C)c2ccccc2)c2oc(C)cc(=O)c2O)cc1. The van der Waals surface area contributed by atoms with E-state index < -0.39 is 17.2 Å². The van der Waals surface area contributed by atoms with Gasteiger partial charge in [-0.25, -0.2) is 0 Å². The standard InChI is InChI=1S/C25H28N2O5/c1-17-16-21(28)24(30)25(32-17)22(23(29)18-10-12-20(31-3)13-11-18)26-14-7-15-27(2)19-8-5-4-6-9-19/h4-6,8-13,16,22,26,30H,7,14-15H2,1-3H3. The van der Waals surface area contributed by atoms with Crippen LogP contribution in [0.3, 0.4) is 0 Å². The number of nitrogens with one attached hydrogen (secondary N) is 1. The van der Waals surface area contributed by atoms with Gasteiger partial charge in [-0.05, 0) is 56.3 Å². The van der Waals surface area contributed by atoms with Crippen LogP contribution < -0.4 is 20.4 Å². The van der Waals surface area contributed by atoms with Crippen molar-refractivity contribution in [1.82, 2.24) is 5.32 Å².